The van der Waals surface area contributed by atoms with Gasteiger partial charge >= 0.3 is 0 Å². The molecule has 28 heavy (non-hydrogen) atoms. The van der Waals surface area contributed by atoms with Gasteiger partial charge in [-0.1, -0.05) is 0 Å². The summed E-state index contributed by atoms with van der Waals surface area (Å²) >= 11 is 0. The molecule has 0 aliphatic carbocycles. The first-order valence-electron chi connectivity index (χ1n) is 9.75. The zero-order chi connectivity index (χ0) is 19.5. The molecule has 8 heteroatoms. The fourth-order valence-corrected chi connectivity index (χ4v) is 3.59. The molecule has 4 heterocycles. The number of pyridine rings is 1. The van der Waals surface area contributed by atoms with E-state index in [4.69, 9.17) is 9.72 Å². The van der Waals surface area contributed by atoms with Crippen LogP contribution in [0.2, 0.25) is 0 Å². The lowest BCUT2D eigenvalue weighted by molar-refractivity contribution is -0.117. The Hall–Kier alpha value is -2.58. The molecule has 1 fully saturated rings. The molecule has 1 amide bonds. The summed E-state index contributed by atoms with van der Waals surface area (Å²) in [6, 6.07) is 3.63. The van der Waals surface area contributed by atoms with Crippen LogP contribution in [0.25, 0.3) is 11.3 Å². The number of fused-ring (bicyclic) bond motifs is 1. The van der Waals surface area contributed by atoms with Crippen LogP contribution in [0.5, 0.6) is 0 Å². The number of amides is 1. The van der Waals surface area contributed by atoms with Gasteiger partial charge in [-0.15, -0.1) is 0 Å². The average Bonchev–Trinajstić information content (AvgIpc) is 2.73. The summed E-state index contributed by atoms with van der Waals surface area (Å²) in [5.74, 6) is 1.78. The van der Waals surface area contributed by atoms with E-state index in [1.54, 1.807) is 30.3 Å². The molecular formula is C20H25N5O3. The predicted molar refractivity (Wildman–Crippen MR) is 105 cm³/mol. The van der Waals surface area contributed by atoms with Crippen molar-refractivity contribution in [2.75, 3.05) is 36.5 Å². The van der Waals surface area contributed by atoms with E-state index in [1.807, 2.05) is 6.07 Å². The molecule has 2 aliphatic heterocycles. The second kappa shape index (κ2) is 8.20. The third-order valence-corrected chi connectivity index (χ3v) is 5.33. The number of hydrogen-bond donors (Lipinski definition) is 2. The third kappa shape index (κ3) is 3.98. The second-order valence-electron chi connectivity index (χ2n) is 7.32. The van der Waals surface area contributed by atoms with Gasteiger partial charge in [-0.25, -0.2) is 9.97 Å². The van der Waals surface area contributed by atoms with Gasteiger partial charge in [-0.05, 0) is 44.2 Å². The van der Waals surface area contributed by atoms with Crippen molar-refractivity contribution in [2.45, 2.75) is 32.3 Å². The molecule has 0 saturated carbocycles. The highest BCUT2D eigenvalue weighted by atomic mass is 16.5. The summed E-state index contributed by atoms with van der Waals surface area (Å²) in [5, 5.41) is 12.7. The minimum absolute atomic E-state index is 0.00795. The number of carbonyl (C=O) groups is 1. The first-order valence-corrected chi connectivity index (χ1v) is 9.75. The lowest BCUT2D eigenvalue weighted by Crippen LogP contribution is -2.42. The number of ether oxygens (including phenoxy) is 1. The van der Waals surface area contributed by atoms with Crippen molar-refractivity contribution in [1.29, 1.82) is 0 Å². The number of aliphatic hydroxyl groups is 1. The number of hydrogen-bond acceptors (Lipinski definition) is 7. The Morgan fingerprint density at radius 3 is 2.82 bits per heavy atom. The zero-order valence-corrected chi connectivity index (χ0v) is 16.0. The van der Waals surface area contributed by atoms with E-state index in [1.165, 1.54) is 0 Å². The van der Waals surface area contributed by atoms with Crippen LogP contribution in [0.4, 0.5) is 11.6 Å². The van der Waals surface area contributed by atoms with E-state index < -0.39 is 6.10 Å². The zero-order valence-electron chi connectivity index (χ0n) is 16.0. The maximum Gasteiger partial charge on any atom is 0.247 e. The second-order valence-corrected chi connectivity index (χ2v) is 7.32. The van der Waals surface area contributed by atoms with Crippen molar-refractivity contribution in [3.63, 3.8) is 0 Å². The van der Waals surface area contributed by atoms with E-state index in [9.17, 15) is 9.90 Å². The molecule has 1 saturated heterocycles. The highest BCUT2D eigenvalue weighted by molar-refractivity contribution is 6.00. The number of anilines is 2. The highest BCUT2D eigenvalue weighted by Crippen LogP contribution is 2.30. The molecule has 1 unspecified atom stereocenters. The normalized spacial score (nSPS) is 18.5. The minimum atomic E-state index is -0.619. The van der Waals surface area contributed by atoms with Gasteiger partial charge in [0.15, 0.2) is 11.6 Å². The molecular weight excluding hydrogens is 358 g/mol. The summed E-state index contributed by atoms with van der Waals surface area (Å²) in [6.07, 6.45) is 5.75. The summed E-state index contributed by atoms with van der Waals surface area (Å²) < 4.78 is 5.42. The molecule has 0 spiro atoms. The number of aliphatic hydroxyl groups excluding tert-OH is 1. The van der Waals surface area contributed by atoms with Crippen molar-refractivity contribution in [3.8, 4) is 11.3 Å². The van der Waals surface area contributed by atoms with Crippen LogP contribution in [0, 0.1) is 5.92 Å². The first kappa shape index (κ1) is 18.8. The summed E-state index contributed by atoms with van der Waals surface area (Å²) in [5.41, 5.74) is 2.04. The van der Waals surface area contributed by atoms with Crippen molar-refractivity contribution < 1.29 is 14.6 Å². The molecule has 2 aromatic heterocycles. The maximum atomic E-state index is 12.5. The van der Waals surface area contributed by atoms with Gasteiger partial charge in [0.25, 0.3) is 0 Å². The Balaban J connectivity index is 1.56. The molecule has 0 bridgehead atoms. The Kier molecular flexibility index (Phi) is 5.50. The lowest BCUT2D eigenvalue weighted by atomic mass is 9.96. The standard InChI is InChI=1S/C20H25N5O3/c1-13(26)16-3-2-15(10-21-16)17-11-22-19-20(24-17)25(18(27)12-23-19)7-4-14-5-8-28-9-6-14/h2-3,10-11,13-14,26H,4-9,12H2,1H3,(H,22,23). The molecule has 148 valence electrons. The van der Waals surface area contributed by atoms with Gasteiger partial charge in [-0.2, -0.15) is 0 Å². The van der Waals surface area contributed by atoms with E-state index in [-0.39, 0.29) is 12.5 Å². The van der Waals surface area contributed by atoms with Crippen molar-refractivity contribution in [2.24, 2.45) is 5.92 Å². The molecule has 1 atom stereocenters. The number of aromatic nitrogens is 3. The Bertz CT molecular complexity index is 834. The Morgan fingerprint density at radius 1 is 1.29 bits per heavy atom. The topological polar surface area (TPSA) is 100 Å². The number of nitrogens with one attached hydrogen (secondary N) is 1. The summed E-state index contributed by atoms with van der Waals surface area (Å²) in [4.78, 5) is 27.7. The monoisotopic (exact) mass is 383 g/mol. The van der Waals surface area contributed by atoms with Crippen LogP contribution in [0.3, 0.4) is 0 Å². The van der Waals surface area contributed by atoms with E-state index in [2.05, 4.69) is 15.3 Å². The van der Waals surface area contributed by atoms with Crippen LogP contribution < -0.4 is 10.2 Å². The fraction of sp³-hybridized carbons (Fsp3) is 0.500. The van der Waals surface area contributed by atoms with Crippen LogP contribution in [0.15, 0.2) is 24.5 Å². The van der Waals surface area contributed by atoms with Gasteiger partial charge in [0.05, 0.1) is 30.2 Å². The van der Waals surface area contributed by atoms with Crippen molar-refractivity contribution >= 4 is 17.5 Å². The van der Waals surface area contributed by atoms with Crippen molar-refractivity contribution in [1.82, 2.24) is 15.0 Å². The van der Waals surface area contributed by atoms with E-state index in [0.717, 1.165) is 38.0 Å². The third-order valence-electron chi connectivity index (χ3n) is 5.33. The summed E-state index contributed by atoms with van der Waals surface area (Å²) in [6.45, 7) is 4.15. The predicted octanol–water partition coefficient (Wildman–Crippen LogP) is 2.17. The number of carbonyl (C=O) groups excluding carboxylic acids is 1. The lowest BCUT2D eigenvalue weighted by Gasteiger charge is -2.30. The molecule has 0 aromatic carbocycles. The molecule has 2 aromatic rings. The highest BCUT2D eigenvalue weighted by Gasteiger charge is 2.28. The molecule has 2 N–H and O–H groups in total. The molecule has 4 rings (SSSR count). The molecule has 2 aliphatic rings. The maximum absolute atomic E-state index is 12.5. The van der Waals surface area contributed by atoms with E-state index >= 15 is 0 Å². The van der Waals surface area contributed by atoms with Gasteiger partial charge in [0.1, 0.15) is 0 Å². The molecule has 0 radical (unpaired) electrons. The Morgan fingerprint density at radius 2 is 2.11 bits per heavy atom. The van der Waals surface area contributed by atoms with Crippen LogP contribution in [-0.4, -0.2) is 52.3 Å². The van der Waals surface area contributed by atoms with Crippen LogP contribution in [0.1, 0.15) is 38.0 Å². The van der Waals surface area contributed by atoms with E-state index in [0.29, 0.717) is 35.5 Å². The van der Waals surface area contributed by atoms with Gasteiger partial charge in [0, 0.05) is 31.5 Å². The van der Waals surface area contributed by atoms with Gasteiger partial charge < -0.3 is 15.2 Å². The average molecular weight is 383 g/mol. The largest absolute Gasteiger partial charge is 0.387 e. The number of rotatable bonds is 5. The quantitative estimate of drug-likeness (QED) is 0.816. The minimum Gasteiger partial charge on any atom is -0.387 e. The van der Waals surface area contributed by atoms with Crippen molar-refractivity contribution in [3.05, 3.63) is 30.2 Å². The Labute approximate surface area is 164 Å². The van der Waals surface area contributed by atoms with Crippen LogP contribution in [-0.2, 0) is 9.53 Å². The van der Waals surface area contributed by atoms with Gasteiger partial charge in [-0.3, -0.25) is 14.7 Å². The smallest absolute Gasteiger partial charge is 0.247 e. The fourth-order valence-electron chi connectivity index (χ4n) is 3.59. The number of nitrogens with zero attached hydrogens (tertiary/aromatic N) is 4. The van der Waals surface area contributed by atoms with Gasteiger partial charge in [0.2, 0.25) is 5.91 Å². The van der Waals surface area contributed by atoms with Crippen LogP contribution >= 0.6 is 0 Å². The molecule has 8 nitrogen and oxygen atoms in total. The summed E-state index contributed by atoms with van der Waals surface area (Å²) in [7, 11) is 0. The SMILES string of the molecule is CC(O)c1ccc(-c2cnc3c(n2)N(CCC2CCOCC2)C(=O)CN3)cn1. The first-order chi connectivity index (χ1) is 13.6.